The lowest BCUT2D eigenvalue weighted by atomic mass is 10.0. The van der Waals surface area contributed by atoms with Gasteiger partial charge in [0.05, 0.1) is 23.1 Å². The van der Waals surface area contributed by atoms with Crippen LogP contribution in [0.4, 0.5) is 0 Å². The third-order valence-electron chi connectivity index (χ3n) is 3.58. The summed E-state index contributed by atoms with van der Waals surface area (Å²) in [6, 6.07) is 8.60. The molecule has 0 radical (unpaired) electrons. The molecule has 1 aromatic heterocycles. The Morgan fingerprint density at radius 2 is 2.10 bits per heavy atom. The van der Waals surface area contributed by atoms with Gasteiger partial charge in [0.2, 0.25) is 5.91 Å². The minimum Gasteiger partial charge on any atom is -0.349 e. The molecular formula is C15H15NO3S2. The van der Waals surface area contributed by atoms with Crippen molar-refractivity contribution in [2.75, 3.05) is 5.75 Å². The summed E-state index contributed by atoms with van der Waals surface area (Å²) < 4.78 is 24.1. The van der Waals surface area contributed by atoms with Crippen molar-refractivity contribution in [3.8, 4) is 0 Å². The number of rotatable bonds is 3. The molecule has 0 saturated heterocycles. The average Bonchev–Trinajstić information content (AvgIpc) is 2.95. The van der Waals surface area contributed by atoms with Crippen LogP contribution in [-0.2, 0) is 21.1 Å². The van der Waals surface area contributed by atoms with Crippen molar-refractivity contribution < 1.29 is 13.2 Å². The van der Waals surface area contributed by atoms with Gasteiger partial charge in [-0.15, -0.1) is 0 Å². The number of carbonyl (C=O) groups is 1. The molecule has 0 fully saturated rings. The topological polar surface area (TPSA) is 63.2 Å². The smallest absolute Gasteiger partial charge is 0.224 e. The molecular weight excluding hydrogens is 306 g/mol. The molecule has 21 heavy (non-hydrogen) atoms. The third-order valence-corrected chi connectivity index (χ3v) is 6.13. The van der Waals surface area contributed by atoms with Crippen LogP contribution >= 0.6 is 11.3 Å². The standard InChI is InChI=1S/C15H15NO3S2/c17-15(9-11-5-7-20-10-11)16-13-6-8-21(18,19)14-4-2-1-3-12(13)14/h1-5,7,10,13H,6,8-9H2,(H,16,17). The first-order valence-corrected chi connectivity index (χ1v) is 9.28. The normalized spacial score (nSPS) is 19.7. The molecule has 2 aromatic rings. The number of sulfone groups is 1. The van der Waals surface area contributed by atoms with Crippen LogP contribution in [0.15, 0.2) is 46.0 Å². The summed E-state index contributed by atoms with van der Waals surface area (Å²) in [5, 5.41) is 6.83. The van der Waals surface area contributed by atoms with E-state index in [1.807, 2.05) is 16.8 Å². The SMILES string of the molecule is O=C(Cc1ccsc1)NC1CCS(=O)(=O)c2ccccc21. The van der Waals surface area contributed by atoms with Crippen molar-refractivity contribution in [1.82, 2.24) is 5.32 Å². The maximum absolute atomic E-state index is 12.1. The second kappa shape index (κ2) is 5.61. The second-order valence-electron chi connectivity index (χ2n) is 5.07. The number of thiophene rings is 1. The molecule has 1 aromatic carbocycles. The summed E-state index contributed by atoms with van der Waals surface area (Å²) in [4.78, 5) is 12.4. The van der Waals surface area contributed by atoms with Crippen LogP contribution < -0.4 is 5.32 Å². The monoisotopic (exact) mass is 321 g/mol. The van der Waals surface area contributed by atoms with E-state index in [1.54, 1.807) is 35.6 Å². The predicted molar refractivity (Wildman–Crippen MR) is 82.0 cm³/mol. The van der Waals surface area contributed by atoms with E-state index in [1.165, 1.54) is 0 Å². The summed E-state index contributed by atoms with van der Waals surface area (Å²) in [5.41, 5.74) is 1.68. The molecule has 6 heteroatoms. The van der Waals surface area contributed by atoms with Gasteiger partial charge in [0.15, 0.2) is 9.84 Å². The molecule has 0 aliphatic carbocycles. The highest BCUT2D eigenvalue weighted by Crippen LogP contribution is 2.31. The lowest BCUT2D eigenvalue weighted by molar-refractivity contribution is -0.121. The minimum atomic E-state index is -3.21. The van der Waals surface area contributed by atoms with Gasteiger partial charge in [0.25, 0.3) is 0 Å². The first-order valence-electron chi connectivity index (χ1n) is 6.68. The van der Waals surface area contributed by atoms with Crippen molar-refractivity contribution in [3.05, 3.63) is 52.2 Å². The second-order valence-corrected chi connectivity index (χ2v) is 7.93. The van der Waals surface area contributed by atoms with E-state index in [9.17, 15) is 13.2 Å². The lowest BCUT2D eigenvalue weighted by Crippen LogP contribution is -2.34. The fraction of sp³-hybridized carbons (Fsp3) is 0.267. The molecule has 1 aliphatic heterocycles. The Bertz CT molecular complexity index is 751. The van der Waals surface area contributed by atoms with Gasteiger partial charge in [-0.05, 0) is 40.4 Å². The molecule has 1 atom stereocenters. The van der Waals surface area contributed by atoms with E-state index >= 15 is 0 Å². The number of nitrogens with one attached hydrogen (secondary N) is 1. The number of fused-ring (bicyclic) bond motifs is 1. The summed E-state index contributed by atoms with van der Waals surface area (Å²) in [6.07, 6.45) is 0.754. The first-order chi connectivity index (χ1) is 10.1. The maximum Gasteiger partial charge on any atom is 0.224 e. The summed E-state index contributed by atoms with van der Waals surface area (Å²) >= 11 is 1.56. The van der Waals surface area contributed by atoms with E-state index in [0.717, 1.165) is 5.56 Å². The highest BCUT2D eigenvalue weighted by Gasteiger charge is 2.30. The van der Waals surface area contributed by atoms with Gasteiger partial charge in [-0.2, -0.15) is 11.3 Å². The van der Waals surface area contributed by atoms with Crippen LogP contribution in [0.2, 0.25) is 0 Å². The zero-order valence-corrected chi connectivity index (χ0v) is 12.9. The molecule has 1 unspecified atom stereocenters. The largest absolute Gasteiger partial charge is 0.349 e. The highest BCUT2D eigenvalue weighted by molar-refractivity contribution is 7.91. The number of hydrogen-bond acceptors (Lipinski definition) is 4. The lowest BCUT2D eigenvalue weighted by Gasteiger charge is -2.26. The van der Waals surface area contributed by atoms with E-state index in [2.05, 4.69) is 5.32 Å². The Morgan fingerprint density at radius 3 is 2.86 bits per heavy atom. The van der Waals surface area contributed by atoms with Gasteiger partial charge >= 0.3 is 0 Å². The third kappa shape index (κ3) is 3.01. The Morgan fingerprint density at radius 1 is 1.29 bits per heavy atom. The van der Waals surface area contributed by atoms with Crippen LogP contribution in [0.5, 0.6) is 0 Å². The number of amides is 1. The zero-order valence-electron chi connectivity index (χ0n) is 11.3. The number of carbonyl (C=O) groups excluding carboxylic acids is 1. The fourth-order valence-corrected chi connectivity index (χ4v) is 4.85. The number of benzene rings is 1. The van der Waals surface area contributed by atoms with Crippen LogP contribution in [0.3, 0.4) is 0 Å². The predicted octanol–water partition coefficient (Wildman–Crippen LogP) is 2.33. The first kappa shape index (κ1) is 14.3. The van der Waals surface area contributed by atoms with Crippen LogP contribution in [0, 0.1) is 0 Å². The molecule has 3 rings (SSSR count). The van der Waals surface area contributed by atoms with E-state index in [4.69, 9.17) is 0 Å². The molecule has 110 valence electrons. The van der Waals surface area contributed by atoms with Crippen molar-refractivity contribution in [1.29, 1.82) is 0 Å². The van der Waals surface area contributed by atoms with Crippen LogP contribution in [0.1, 0.15) is 23.6 Å². The molecule has 1 amide bonds. The van der Waals surface area contributed by atoms with Gasteiger partial charge < -0.3 is 5.32 Å². The minimum absolute atomic E-state index is 0.0764. The Kier molecular flexibility index (Phi) is 3.82. The van der Waals surface area contributed by atoms with Crippen molar-refractivity contribution in [2.24, 2.45) is 0 Å². The Hall–Kier alpha value is -1.66. The van der Waals surface area contributed by atoms with Crippen molar-refractivity contribution in [3.63, 3.8) is 0 Å². The summed E-state index contributed by atoms with van der Waals surface area (Å²) in [7, 11) is -3.21. The van der Waals surface area contributed by atoms with Crippen LogP contribution in [0.25, 0.3) is 0 Å². The van der Waals surface area contributed by atoms with Gasteiger partial charge in [0.1, 0.15) is 0 Å². The average molecular weight is 321 g/mol. The molecule has 4 nitrogen and oxygen atoms in total. The zero-order chi connectivity index (χ0) is 14.9. The van der Waals surface area contributed by atoms with E-state index in [-0.39, 0.29) is 17.7 Å². The quantitative estimate of drug-likeness (QED) is 0.943. The maximum atomic E-state index is 12.1. The van der Waals surface area contributed by atoms with Crippen molar-refractivity contribution >= 4 is 27.1 Å². The summed E-state index contributed by atoms with van der Waals surface area (Å²) in [6.45, 7) is 0. The van der Waals surface area contributed by atoms with Gasteiger partial charge in [-0.1, -0.05) is 18.2 Å². The fourth-order valence-electron chi connectivity index (χ4n) is 2.56. The molecule has 1 aliphatic rings. The van der Waals surface area contributed by atoms with Gasteiger partial charge in [-0.25, -0.2) is 8.42 Å². The van der Waals surface area contributed by atoms with Gasteiger partial charge in [-0.3, -0.25) is 4.79 Å². The summed E-state index contributed by atoms with van der Waals surface area (Å²) in [5.74, 6) is 0.000409. The molecule has 1 N–H and O–H groups in total. The highest BCUT2D eigenvalue weighted by atomic mass is 32.2. The number of hydrogen-bond donors (Lipinski definition) is 1. The Balaban J connectivity index is 1.79. The van der Waals surface area contributed by atoms with Crippen molar-refractivity contribution in [2.45, 2.75) is 23.8 Å². The van der Waals surface area contributed by atoms with Gasteiger partial charge in [0, 0.05) is 0 Å². The van der Waals surface area contributed by atoms with Crippen LogP contribution in [-0.4, -0.2) is 20.1 Å². The van der Waals surface area contributed by atoms with E-state index in [0.29, 0.717) is 23.3 Å². The molecule has 0 saturated carbocycles. The molecule has 0 bridgehead atoms. The molecule has 0 spiro atoms. The Labute approximate surface area is 127 Å². The van der Waals surface area contributed by atoms with E-state index < -0.39 is 9.84 Å². The molecule has 2 heterocycles.